The van der Waals surface area contributed by atoms with E-state index in [0.717, 1.165) is 29.9 Å². The predicted octanol–water partition coefficient (Wildman–Crippen LogP) is 5.31. The number of aryl methyl sites for hydroxylation is 1. The topological polar surface area (TPSA) is 65.7 Å². The molecule has 0 fully saturated rings. The van der Waals surface area contributed by atoms with Crippen LogP contribution in [0.2, 0.25) is 0 Å². The van der Waals surface area contributed by atoms with Crippen molar-refractivity contribution < 1.29 is 13.6 Å². The molecular formula is C18H30N3O3PS. The van der Waals surface area contributed by atoms with Crippen LogP contribution in [0.1, 0.15) is 57.8 Å². The van der Waals surface area contributed by atoms with Gasteiger partial charge in [-0.15, -0.1) is 11.8 Å². The number of rotatable bonds is 13. The average molecular weight is 399 g/mol. The summed E-state index contributed by atoms with van der Waals surface area (Å²) in [4.78, 5) is 4.70. The zero-order valence-electron chi connectivity index (χ0n) is 16.0. The number of thioether (sulfide) groups is 1. The minimum Gasteiger partial charge on any atom is -0.308 e. The molecule has 0 aliphatic heterocycles. The lowest BCUT2D eigenvalue weighted by atomic mass is 10.1. The molecule has 0 spiro atoms. The number of fused-ring (bicyclic) bond motifs is 1. The van der Waals surface area contributed by atoms with Gasteiger partial charge in [-0.3, -0.25) is 4.57 Å². The summed E-state index contributed by atoms with van der Waals surface area (Å²) in [6, 6.07) is 4.04. The first-order chi connectivity index (χ1) is 12.6. The fraction of sp³-hybridized carbons (Fsp3) is 0.667. The van der Waals surface area contributed by atoms with Crippen molar-refractivity contribution in [1.82, 2.24) is 14.6 Å². The van der Waals surface area contributed by atoms with Gasteiger partial charge in [-0.1, -0.05) is 26.2 Å². The lowest BCUT2D eigenvalue weighted by Gasteiger charge is -2.16. The van der Waals surface area contributed by atoms with Crippen LogP contribution in [0.5, 0.6) is 0 Å². The van der Waals surface area contributed by atoms with Crippen LogP contribution < -0.4 is 0 Å². The molecule has 8 heteroatoms. The Morgan fingerprint density at radius 2 is 1.92 bits per heavy atom. The van der Waals surface area contributed by atoms with Crippen molar-refractivity contribution >= 4 is 25.0 Å². The maximum Gasteiger partial charge on any atom is 0.340 e. The predicted molar refractivity (Wildman–Crippen MR) is 108 cm³/mol. The summed E-state index contributed by atoms with van der Waals surface area (Å²) in [5, 5.41) is 4.37. The Morgan fingerprint density at radius 1 is 1.15 bits per heavy atom. The van der Waals surface area contributed by atoms with Gasteiger partial charge in [-0.2, -0.15) is 5.10 Å². The molecule has 0 N–H and O–H groups in total. The third-order valence-electron chi connectivity index (χ3n) is 3.92. The largest absolute Gasteiger partial charge is 0.340 e. The van der Waals surface area contributed by atoms with Crippen LogP contribution in [0.25, 0.3) is 5.65 Å². The first-order valence-corrected chi connectivity index (χ1v) is 12.3. The van der Waals surface area contributed by atoms with Gasteiger partial charge in [0.15, 0.2) is 5.65 Å². The van der Waals surface area contributed by atoms with Crippen molar-refractivity contribution in [3.63, 3.8) is 0 Å². The van der Waals surface area contributed by atoms with E-state index in [4.69, 9.17) is 14.0 Å². The van der Waals surface area contributed by atoms with Crippen LogP contribution in [0, 0.1) is 0 Å². The molecule has 0 amide bonds. The average Bonchev–Trinajstić information content (AvgIpc) is 3.08. The van der Waals surface area contributed by atoms with Crippen LogP contribution in [0.15, 0.2) is 18.3 Å². The van der Waals surface area contributed by atoms with E-state index in [1.165, 1.54) is 19.3 Å². The van der Waals surface area contributed by atoms with E-state index >= 15 is 0 Å². The van der Waals surface area contributed by atoms with Gasteiger partial charge in [0.05, 0.1) is 30.6 Å². The van der Waals surface area contributed by atoms with Gasteiger partial charge < -0.3 is 9.05 Å². The molecule has 0 bridgehead atoms. The van der Waals surface area contributed by atoms with E-state index in [1.54, 1.807) is 18.0 Å². The van der Waals surface area contributed by atoms with Gasteiger partial charge in [-0.05, 0) is 32.8 Å². The zero-order chi connectivity index (χ0) is 18.8. The van der Waals surface area contributed by atoms with Gasteiger partial charge in [0, 0.05) is 17.5 Å². The lowest BCUT2D eigenvalue weighted by Crippen LogP contribution is -2.04. The van der Waals surface area contributed by atoms with Crippen molar-refractivity contribution in [3.8, 4) is 0 Å². The Labute approximate surface area is 160 Å². The second kappa shape index (κ2) is 11.1. The van der Waals surface area contributed by atoms with Crippen LogP contribution in [0.4, 0.5) is 0 Å². The van der Waals surface area contributed by atoms with Crippen LogP contribution in [-0.2, 0) is 25.8 Å². The maximum absolute atomic E-state index is 12.6. The van der Waals surface area contributed by atoms with Crippen LogP contribution in [-0.4, -0.2) is 33.3 Å². The van der Waals surface area contributed by atoms with Gasteiger partial charge in [0.25, 0.3) is 0 Å². The van der Waals surface area contributed by atoms with E-state index in [9.17, 15) is 4.57 Å². The molecule has 0 aliphatic carbocycles. The van der Waals surface area contributed by atoms with Gasteiger partial charge >= 0.3 is 7.60 Å². The number of hydrogen-bond donors (Lipinski definition) is 0. The van der Waals surface area contributed by atoms with Crippen molar-refractivity contribution in [2.45, 2.75) is 58.6 Å². The number of hydrogen-bond acceptors (Lipinski definition) is 6. The van der Waals surface area contributed by atoms with Gasteiger partial charge in [0.2, 0.25) is 0 Å². The highest BCUT2D eigenvalue weighted by Gasteiger charge is 2.23. The van der Waals surface area contributed by atoms with Crippen molar-refractivity contribution in [3.05, 3.63) is 29.7 Å². The molecular weight excluding hydrogens is 369 g/mol. The Kier molecular flexibility index (Phi) is 9.12. The quantitative estimate of drug-likeness (QED) is 0.336. The molecule has 0 atom stereocenters. The summed E-state index contributed by atoms with van der Waals surface area (Å²) in [7, 11) is -3.02. The summed E-state index contributed by atoms with van der Waals surface area (Å²) in [5.41, 5.74) is 3.37. The molecule has 0 saturated carbocycles. The third kappa shape index (κ3) is 6.38. The molecule has 2 rings (SSSR count). The number of aromatic nitrogens is 3. The van der Waals surface area contributed by atoms with Crippen molar-refractivity contribution in [2.75, 3.05) is 18.7 Å². The minimum absolute atomic E-state index is 0.339. The summed E-state index contributed by atoms with van der Waals surface area (Å²) >= 11 is 1.55. The Morgan fingerprint density at radius 3 is 2.62 bits per heavy atom. The zero-order valence-corrected chi connectivity index (χ0v) is 17.7. The summed E-state index contributed by atoms with van der Waals surface area (Å²) < 4.78 is 25.2. The summed E-state index contributed by atoms with van der Waals surface area (Å²) in [5.74, 6) is 0.687. The molecule has 0 saturated heterocycles. The van der Waals surface area contributed by atoms with E-state index < -0.39 is 7.60 Å². The molecule has 2 aromatic rings. The van der Waals surface area contributed by atoms with E-state index in [-0.39, 0.29) is 0 Å². The molecule has 0 unspecified atom stereocenters. The molecule has 2 heterocycles. The fourth-order valence-electron chi connectivity index (χ4n) is 2.77. The van der Waals surface area contributed by atoms with E-state index in [2.05, 4.69) is 18.1 Å². The fourth-order valence-corrected chi connectivity index (χ4v) is 5.90. The third-order valence-corrected chi connectivity index (χ3v) is 7.72. The lowest BCUT2D eigenvalue weighted by molar-refractivity contribution is 0.224. The number of unbranched alkanes of at least 4 members (excludes halogenated alkanes) is 3. The SMILES string of the molecule is CCCCCCc1cc(CSCP(=O)(OCC)OCC)n2nccc2n1. The highest BCUT2D eigenvalue weighted by molar-refractivity contribution is 8.03. The highest BCUT2D eigenvalue weighted by atomic mass is 32.2. The maximum atomic E-state index is 12.6. The first-order valence-electron chi connectivity index (χ1n) is 9.40. The Balaban J connectivity index is 2.03. The van der Waals surface area contributed by atoms with Crippen molar-refractivity contribution in [1.29, 1.82) is 0 Å². The molecule has 26 heavy (non-hydrogen) atoms. The van der Waals surface area contributed by atoms with Crippen LogP contribution in [0.3, 0.4) is 0 Å². The summed E-state index contributed by atoms with van der Waals surface area (Å²) in [6.45, 7) is 6.65. The Hall–Kier alpha value is -0.880. The van der Waals surface area contributed by atoms with E-state index in [1.807, 2.05) is 24.4 Å². The van der Waals surface area contributed by atoms with E-state index in [0.29, 0.717) is 24.5 Å². The molecule has 0 aliphatic rings. The highest BCUT2D eigenvalue weighted by Crippen LogP contribution is 2.51. The Bertz CT molecular complexity index is 713. The monoisotopic (exact) mass is 399 g/mol. The smallest absolute Gasteiger partial charge is 0.308 e. The standard InChI is InChI=1S/C18H30N3O3PS/c1-4-7-8-9-10-16-13-17(21-18(20-16)11-12-19-21)14-26-15-25(22,23-5-2)24-6-3/h11-13H,4-10,14-15H2,1-3H3. The summed E-state index contributed by atoms with van der Waals surface area (Å²) in [6.07, 6.45) is 7.64. The number of nitrogens with zero attached hydrogens (tertiary/aromatic N) is 3. The second-order valence-corrected chi connectivity index (χ2v) is 9.54. The molecule has 0 aromatic carbocycles. The molecule has 6 nitrogen and oxygen atoms in total. The second-order valence-electron chi connectivity index (χ2n) is 6.07. The molecule has 146 valence electrons. The van der Waals surface area contributed by atoms with Crippen LogP contribution >= 0.6 is 19.4 Å². The first kappa shape index (κ1) is 21.4. The van der Waals surface area contributed by atoms with Gasteiger partial charge in [0.1, 0.15) is 0 Å². The van der Waals surface area contributed by atoms with Gasteiger partial charge in [-0.25, -0.2) is 9.50 Å². The molecule has 0 radical (unpaired) electrons. The minimum atomic E-state index is -3.02. The van der Waals surface area contributed by atoms with Crippen molar-refractivity contribution in [2.24, 2.45) is 0 Å². The normalized spacial score (nSPS) is 12.1. The molecule has 2 aromatic heterocycles.